The highest BCUT2D eigenvalue weighted by molar-refractivity contribution is 5.34. The maximum atomic E-state index is 9.72. The van der Waals surface area contributed by atoms with E-state index in [1.165, 1.54) is 0 Å². The summed E-state index contributed by atoms with van der Waals surface area (Å²) in [6.45, 7) is 0.837. The van der Waals surface area contributed by atoms with Gasteiger partial charge in [0.2, 0.25) is 11.8 Å². The lowest BCUT2D eigenvalue weighted by Crippen LogP contribution is -2.09. The molecule has 0 bridgehead atoms. The molecule has 1 fully saturated rings. The topological polar surface area (TPSA) is 78.3 Å². The molecule has 0 aliphatic heterocycles. The Morgan fingerprint density at radius 1 is 1.25 bits per heavy atom. The van der Waals surface area contributed by atoms with Crippen LogP contribution in [-0.2, 0) is 6.42 Å². The smallest absolute Gasteiger partial charge is 0.221 e. The van der Waals surface area contributed by atoms with Crippen molar-refractivity contribution in [3.8, 4) is 11.8 Å². The van der Waals surface area contributed by atoms with Gasteiger partial charge in [0.25, 0.3) is 0 Å². The first-order chi connectivity index (χ1) is 7.72. The molecule has 2 rings (SSSR count). The molecule has 0 saturated heterocycles. The van der Waals surface area contributed by atoms with Crippen LogP contribution in [0.25, 0.3) is 0 Å². The predicted molar refractivity (Wildman–Crippen MR) is 59.6 cm³/mol. The Labute approximate surface area is 94.6 Å². The summed E-state index contributed by atoms with van der Waals surface area (Å²) in [4.78, 5) is 8.08. The minimum Gasteiger partial charge on any atom is -0.493 e. The molecule has 0 atom stereocenters. The molecule has 0 radical (unpaired) electrons. The van der Waals surface area contributed by atoms with Gasteiger partial charge in [-0.1, -0.05) is 0 Å². The third-order valence-corrected chi connectivity index (χ3v) is 2.78. The van der Waals surface area contributed by atoms with Gasteiger partial charge >= 0.3 is 0 Å². The van der Waals surface area contributed by atoms with E-state index >= 15 is 0 Å². The lowest BCUT2D eigenvalue weighted by Gasteiger charge is -2.07. The minimum atomic E-state index is -0.0643. The summed E-state index contributed by atoms with van der Waals surface area (Å²) >= 11 is 0. The van der Waals surface area contributed by atoms with E-state index in [0.717, 1.165) is 25.8 Å². The zero-order chi connectivity index (χ0) is 11.5. The van der Waals surface area contributed by atoms with E-state index in [2.05, 4.69) is 15.3 Å². The fraction of sp³-hybridized carbons (Fsp3) is 0.636. The molecule has 5 heteroatoms. The van der Waals surface area contributed by atoms with Crippen molar-refractivity contribution in [2.24, 2.45) is 0 Å². The first-order valence-corrected chi connectivity index (χ1v) is 5.65. The van der Waals surface area contributed by atoms with E-state index in [4.69, 9.17) is 0 Å². The summed E-state index contributed by atoms with van der Waals surface area (Å²) in [5, 5.41) is 22.4. The van der Waals surface area contributed by atoms with Gasteiger partial charge in [0.05, 0.1) is 5.56 Å². The summed E-state index contributed by atoms with van der Waals surface area (Å²) in [6.07, 6.45) is 3.53. The van der Waals surface area contributed by atoms with Gasteiger partial charge in [-0.3, -0.25) is 0 Å². The molecule has 0 unspecified atom stereocenters. The summed E-state index contributed by atoms with van der Waals surface area (Å²) in [5.41, 5.74) is 0.458. The Bertz CT molecular complexity index is 354. The molecule has 1 aromatic rings. The minimum absolute atomic E-state index is 0.0643. The summed E-state index contributed by atoms with van der Waals surface area (Å²) < 4.78 is 0. The zero-order valence-electron chi connectivity index (χ0n) is 9.40. The zero-order valence-corrected chi connectivity index (χ0v) is 9.40. The number of nitrogens with zero attached hydrogens (tertiary/aromatic N) is 2. The molecular formula is C11H17N3O2. The van der Waals surface area contributed by atoms with Crippen LogP contribution in [0.5, 0.6) is 11.8 Å². The van der Waals surface area contributed by atoms with Gasteiger partial charge in [-0.05, 0) is 39.3 Å². The Morgan fingerprint density at radius 2 is 1.88 bits per heavy atom. The predicted octanol–water partition coefficient (Wildman–Crippen LogP) is 0.917. The lowest BCUT2D eigenvalue weighted by atomic mass is 10.1. The van der Waals surface area contributed by atoms with E-state index in [0.29, 0.717) is 23.7 Å². The van der Waals surface area contributed by atoms with Gasteiger partial charge in [-0.2, -0.15) is 9.97 Å². The van der Waals surface area contributed by atoms with Crippen LogP contribution in [0.4, 0.5) is 0 Å². The van der Waals surface area contributed by atoms with Crippen molar-refractivity contribution in [3.05, 3.63) is 11.4 Å². The average Bonchev–Trinajstić information content (AvgIpc) is 3.05. The van der Waals surface area contributed by atoms with Crippen LogP contribution in [0.2, 0.25) is 0 Å². The van der Waals surface area contributed by atoms with Crippen molar-refractivity contribution in [3.63, 3.8) is 0 Å². The molecular weight excluding hydrogens is 206 g/mol. The highest BCUT2D eigenvalue weighted by Crippen LogP contribution is 2.40. The molecule has 0 spiro atoms. The fourth-order valence-corrected chi connectivity index (χ4v) is 1.67. The molecule has 0 amide bonds. The number of hydrogen-bond donors (Lipinski definition) is 3. The van der Waals surface area contributed by atoms with Crippen LogP contribution in [-0.4, -0.2) is 33.8 Å². The number of aromatic hydroxyl groups is 2. The van der Waals surface area contributed by atoms with Crippen molar-refractivity contribution in [2.75, 3.05) is 13.6 Å². The van der Waals surface area contributed by atoms with E-state index in [1.54, 1.807) is 0 Å². The Hall–Kier alpha value is -1.36. The van der Waals surface area contributed by atoms with E-state index in [9.17, 15) is 10.2 Å². The van der Waals surface area contributed by atoms with Gasteiger partial charge in [0.15, 0.2) is 0 Å². The number of hydrogen-bond acceptors (Lipinski definition) is 5. The van der Waals surface area contributed by atoms with E-state index < -0.39 is 0 Å². The van der Waals surface area contributed by atoms with Crippen LogP contribution in [0.3, 0.4) is 0 Å². The summed E-state index contributed by atoms with van der Waals surface area (Å²) in [7, 11) is 1.87. The van der Waals surface area contributed by atoms with Gasteiger partial charge in [-0.15, -0.1) is 0 Å². The average molecular weight is 223 g/mol. The highest BCUT2D eigenvalue weighted by Gasteiger charge is 2.28. The SMILES string of the molecule is CNCCCc1c(O)nc(C2CC2)nc1O. The van der Waals surface area contributed by atoms with Crippen molar-refractivity contribution in [1.29, 1.82) is 0 Å². The van der Waals surface area contributed by atoms with Crippen molar-refractivity contribution in [2.45, 2.75) is 31.6 Å². The monoisotopic (exact) mass is 223 g/mol. The molecule has 3 N–H and O–H groups in total. The Balaban J connectivity index is 2.11. The molecule has 1 aliphatic carbocycles. The van der Waals surface area contributed by atoms with Crippen LogP contribution < -0.4 is 5.32 Å². The molecule has 1 saturated carbocycles. The molecule has 5 nitrogen and oxygen atoms in total. The van der Waals surface area contributed by atoms with Crippen molar-refractivity contribution < 1.29 is 10.2 Å². The van der Waals surface area contributed by atoms with Gasteiger partial charge in [0.1, 0.15) is 5.82 Å². The maximum Gasteiger partial charge on any atom is 0.221 e. The maximum absolute atomic E-state index is 9.72. The quantitative estimate of drug-likeness (QED) is 0.647. The second kappa shape index (κ2) is 4.65. The lowest BCUT2D eigenvalue weighted by molar-refractivity contribution is 0.402. The number of aromatic nitrogens is 2. The van der Waals surface area contributed by atoms with Gasteiger partial charge in [-0.25, -0.2) is 0 Å². The fourth-order valence-electron chi connectivity index (χ4n) is 1.67. The third kappa shape index (κ3) is 2.41. The Morgan fingerprint density at radius 3 is 2.38 bits per heavy atom. The number of nitrogens with one attached hydrogen (secondary N) is 1. The summed E-state index contributed by atoms with van der Waals surface area (Å²) in [6, 6.07) is 0. The normalized spacial score (nSPS) is 15.3. The number of rotatable bonds is 5. The van der Waals surface area contributed by atoms with E-state index in [1.807, 2.05) is 7.05 Å². The van der Waals surface area contributed by atoms with Crippen LogP contribution in [0, 0.1) is 0 Å². The third-order valence-electron chi connectivity index (χ3n) is 2.78. The highest BCUT2D eigenvalue weighted by atomic mass is 16.3. The molecule has 88 valence electrons. The van der Waals surface area contributed by atoms with Crippen molar-refractivity contribution in [1.82, 2.24) is 15.3 Å². The van der Waals surface area contributed by atoms with Gasteiger partial charge in [0, 0.05) is 5.92 Å². The molecule has 1 heterocycles. The molecule has 1 aliphatic rings. The molecule has 1 aromatic heterocycles. The van der Waals surface area contributed by atoms with Crippen molar-refractivity contribution >= 4 is 0 Å². The van der Waals surface area contributed by atoms with Crippen LogP contribution in [0.1, 0.15) is 36.6 Å². The second-order valence-corrected chi connectivity index (χ2v) is 4.19. The second-order valence-electron chi connectivity index (χ2n) is 4.19. The molecule has 16 heavy (non-hydrogen) atoms. The van der Waals surface area contributed by atoms with Crippen LogP contribution >= 0.6 is 0 Å². The first-order valence-electron chi connectivity index (χ1n) is 5.65. The standard InChI is InChI=1S/C11H17N3O2/c1-12-6-2-3-8-10(15)13-9(7-4-5-7)14-11(8)16/h7,12H,2-6H2,1H3,(H2,13,14,15,16). The molecule has 0 aromatic carbocycles. The largest absolute Gasteiger partial charge is 0.493 e. The van der Waals surface area contributed by atoms with Gasteiger partial charge < -0.3 is 15.5 Å². The van der Waals surface area contributed by atoms with E-state index in [-0.39, 0.29) is 11.8 Å². The first kappa shape index (κ1) is 11.1. The van der Waals surface area contributed by atoms with Crippen LogP contribution in [0.15, 0.2) is 0 Å². The summed E-state index contributed by atoms with van der Waals surface area (Å²) in [5.74, 6) is 0.784. The Kier molecular flexibility index (Phi) is 3.24.